The van der Waals surface area contributed by atoms with Crippen LogP contribution in [0.4, 0.5) is 0 Å². The zero-order valence-electron chi connectivity index (χ0n) is 12.4. The van der Waals surface area contributed by atoms with Crippen LogP contribution in [-0.4, -0.2) is 32.9 Å². The minimum Gasteiger partial charge on any atom is -0.314 e. The van der Waals surface area contributed by atoms with Crippen molar-refractivity contribution in [3.63, 3.8) is 0 Å². The summed E-state index contributed by atoms with van der Waals surface area (Å²) in [6, 6.07) is 6.65. The van der Waals surface area contributed by atoms with Crippen LogP contribution in [0.25, 0.3) is 5.65 Å². The average molecular weight is 292 g/mol. The summed E-state index contributed by atoms with van der Waals surface area (Å²) in [6.45, 7) is 5.60. The first-order valence-electron chi connectivity index (χ1n) is 7.51. The molecule has 0 amide bonds. The average Bonchev–Trinajstić information content (AvgIpc) is 2.90. The minimum atomic E-state index is 0.658. The summed E-state index contributed by atoms with van der Waals surface area (Å²) in [7, 11) is 0. The first-order chi connectivity index (χ1) is 9.85. The summed E-state index contributed by atoms with van der Waals surface area (Å²) in [5, 5.41) is 13.0. The van der Waals surface area contributed by atoms with Gasteiger partial charge >= 0.3 is 0 Å². The van der Waals surface area contributed by atoms with Crippen molar-refractivity contribution in [2.24, 2.45) is 0 Å². The molecule has 0 spiro atoms. The van der Waals surface area contributed by atoms with Crippen molar-refractivity contribution in [3.8, 4) is 0 Å². The molecule has 2 heterocycles. The second kappa shape index (κ2) is 8.27. The van der Waals surface area contributed by atoms with Gasteiger partial charge in [0.15, 0.2) is 10.8 Å². The highest BCUT2D eigenvalue weighted by molar-refractivity contribution is 7.99. The highest BCUT2D eigenvalue weighted by Gasteiger charge is 2.07. The van der Waals surface area contributed by atoms with Crippen LogP contribution in [0.15, 0.2) is 29.6 Å². The maximum atomic E-state index is 4.24. The number of fused-ring (bicyclic) bond motifs is 1. The second-order valence-corrected chi connectivity index (χ2v) is 6.02. The van der Waals surface area contributed by atoms with Crippen LogP contribution in [0.3, 0.4) is 0 Å². The van der Waals surface area contributed by atoms with Gasteiger partial charge in [-0.05, 0) is 44.4 Å². The summed E-state index contributed by atoms with van der Waals surface area (Å²) in [4.78, 5) is 0. The molecule has 0 radical (unpaired) electrons. The van der Waals surface area contributed by atoms with Gasteiger partial charge in [-0.1, -0.05) is 31.7 Å². The molecule has 1 unspecified atom stereocenters. The normalized spacial score (nSPS) is 12.9. The zero-order chi connectivity index (χ0) is 14.2. The molecule has 0 bridgehead atoms. The van der Waals surface area contributed by atoms with Crippen molar-refractivity contribution in [3.05, 3.63) is 24.4 Å². The number of pyridine rings is 1. The monoisotopic (exact) mass is 292 g/mol. The molecular formula is C15H24N4S. The highest BCUT2D eigenvalue weighted by atomic mass is 32.2. The van der Waals surface area contributed by atoms with E-state index in [1.165, 1.54) is 25.7 Å². The molecule has 0 aliphatic carbocycles. The van der Waals surface area contributed by atoms with Crippen molar-refractivity contribution >= 4 is 17.4 Å². The number of rotatable bonds is 9. The molecule has 0 aromatic carbocycles. The largest absolute Gasteiger partial charge is 0.314 e. The number of hydrogen-bond acceptors (Lipinski definition) is 4. The predicted octanol–water partition coefficient (Wildman–Crippen LogP) is 3.38. The van der Waals surface area contributed by atoms with E-state index in [9.17, 15) is 0 Å². The molecular weight excluding hydrogens is 268 g/mol. The molecule has 1 atom stereocenters. The third-order valence-corrected chi connectivity index (χ3v) is 4.42. The highest BCUT2D eigenvalue weighted by Crippen LogP contribution is 2.18. The fraction of sp³-hybridized carbons (Fsp3) is 0.600. The van der Waals surface area contributed by atoms with Crippen LogP contribution in [0.2, 0.25) is 0 Å². The van der Waals surface area contributed by atoms with Gasteiger partial charge in [0.1, 0.15) is 0 Å². The lowest BCUT2D eigenvalue weighted by Crippen LogP contribution is -2.29. The third kappa shape index (κ3) is 4.21. The molecule has 0 fully saturated rings. The zero-order valence-corrected chi connectivity index (χ0v) is 13.2. The van der Waals surface area contributed by atoms with Crippen molar-refractivity contribution < 1.29 is 0 Å². The molecule has 0 saturated heterocycles. The maximum absolute atomic E-state index is 4.24. The van der Waals surface area contributed by atoms with Gasteiger partial charge in [0.05, 0.1) is 0 Å². The second-order valence-electron chi connectivity index (χ2n) is 4.96. The van der Waals surface area contributed by atoms with E-state index in [0.717, 1.165) is 23.1 Å². The lowest BCUT2D eigenvalue weighted by Gasteiger charge is -2.15. The Morgan fingerprint density at radius 2 is 2.20 bits per heavy atom. The fourth-order valence-electron chi connectivity index (χ4n) is 2.21. The van der Waals surface area contributed by atoms with Crippen LogP contribution >= 0.6 is 11.8 Å². The molecule has 0 aliphatic rings. The van der Waals surface area contributed by atoms with Crippen molar-refractivity contribution in [2.75, 3.05) is 12.3 Å². The van der Waals surface area contributed by atoms with E-state index < -0.39 is 0 Å². The molecule has 4 nitrogen and oxygen atoms in total. The Labute approximate surface area is 125 Å². The number of hydrogen-bond donors (Lipinski definition) is 1. The van der Waals surface area contributed by atoms with Gasteiger partial charge in [0, 0.05) is 18.0 Å². The van der Waals surface area contributed by atoms with Crippen LogP contribution in [-0.2, 0) is 0 Å². The molecule has 20 heavy (non-hydrogen) atoms. The standard InChI is InChI=1S/C15H24N4S/c1-3-10-16-13(4-2)8-7-12-20-15-18-17-14-9-5-6-11-19(14)15/h5-6,9,11,13,16H,3-4,7-8,10,12H2,1-2H3. The van der Waals surface area contributed by atoms with Gasteiger partial charge in [-0.2, -0.15) is 0 Å². The summed E-state index contributed by atoms with van der Waals surface area (Å²) in [6.07, 6.45) is 6.88. The smallest absolute Gasteiger partial charge is 0.195 e. The Balaban J connectivity index is 1.75. The van der Waals surface area contributed by atoms with Crippen LogP contribution in [0, 0.1) is 0 Å². The van der Waals surface area contributed by atoms with E-state index in [-0.39, 0.29) is 0 Å². The Bertz CT molecular complexity index is 511. The first kappa shape index (κ1) is 15.3. The summed E-state index contributed by atoms with van der Waals surface area (Å²) in [5.74, 6) is 1.10. The van der Waals surface area contributed by atoms with Gasteiger partial charge in [-0.15, -0.1) is 10.2 Å². The molecule has 0 saturated carbocycles. The summed E-state index contributed by atoms with van der Waals surface area (Å²) in [5.41, 5.74) is 0.922. The number of nitrogens with one attached hydrogen (secondary N) is 1. The Hall–Kier alpha value is -1.07. The predicted molar refractivity (Wildman–Crippen MR) is 85.3 cm³/mol. The molecule has 2 aromatic rings. The van der Waals surface area contributed by atoms with E-state index in [0.29, 0.717) is 6.04 Å². The molecule has 5 heteroatoms. The number of nitrogens with zero attached hydrogens (tertiary/aromatic N) is 3. The van der Waals surface area contributed by atoms with Crippen LogP contribution in [0.1, 0.15) is 39.5 Å². The van der Waals surface area contributed by atoms with Gasteiger partial charge in [0.25, 0.3) is 0 Å². The molecule has 2 aromatic heterocycles. The topological polar surface area (TPSA) is 42.2 Å². The first-order valence-corrected chi connectivity index (χ1v) is 8.49. The van der Waals surface area contributed by atoms with Crippen LogP contribution < -0.4 is 5.32 Å². The Morgan fingerprint density at radius 1 is 1.30 bits per heavy atom. The van der Waals surface area contributed by atoms with Crippen LogP contribution in [0.5, 0.6) is 0 Å². The van der Waals surface area contributed by atoms with E-state index in [4.69, 9.17) is 0 Å². The minimum absolute atomic E-state index is 0.658. The van der Waals surface area contributed by atoms with Gasteiger partial charge in [0.2, 0.25) is 0 Å². The fourth-order valence-corrected chi connectivity index (χ4v) is 3.10. The molecule has 110 valence electrons. The Kier molecular flexibility index (Phi) is 6.33. The van der Waals surface area contributed by atoms with Gasteiger partial charge in [-0.3, -0.25) is 4.40 Å². The third-order valence-electron chi connectivity index (χ3n) is 3.39. The number of aromatic nitrogens is 3. The van der Waals surface area contributed by atoms with Crippen molar-refractivity contribution in [1.82, 2.24) is 19.9 Å². The van der Waals surface area contributed by atoms with Gasteiger partial charge < -0.3 is 5.32 Å². The SMILES string of the molecule is CCCNC(CC)CCCSc1nnc2ccccn12. The lowest BCUT2D eigenvalue weighted by molar-refractivity contribution is 0.465. The Morgan fingerprint density at radius 3 is 3.00 bits per heavy atom. The molecule has 0 aliphatic heterocycles. The van der Waals surface area contributed by atoms with Crippen molar-refractivity contribution in [1.29, 1.82) is 0 Å². The summed E-state index contributed by atoms with van der Waals surface area (Å²) < 4.78 is 2.05. The lowest BCUT2D eigenvalue weighted by atomic mass is 10.1. The van der Waals surface area contributed by atoms with E-state index in [2.05, 4.69) is 33.8 Å². The van der Waals surface area contributed by atoms with Crippen molar-refractivity contribution in [2.45, 2.75) is 50.7 Å². The molecule has 1 N–H and O–H groups in total. The maximum Gasteiger partial charge on any atom is 0.195 e. The van der Waals surface area contributed by atoms with E-state index in [1.54, 1.807) is 11.8 Å². The molecule has 2 rings (SSSR count). The van der Waals surface area contributed by atoms with E-state index in [1.807, 2.05) is 24.4 Å². The number of thioether (sulfide) groups is 1. The van der Waals surface area contributed by atoms with Gasteiger partial charge in [-0.25, -0.2) is 0 Å². The van der Waals surface area contributed by atoms with E-state index >= 15 is 0 Å². The quantitative estimate of drug-likeness (QED) is 0.568. The summed E-state index contributed by atoms with van der Waals surface area (Å²) >= 11 is 1.79.